The second-order valence-corrected chi connectivity index (χ2v) is 6.87. The molecular weight excluding hydrogens is 330 g/mol. The Kier molecular flexibility index (Phi) is 6.60. The van der Waals surface area contributed by atoms with Crippen molar-refractivity contribution < 1.29 is 14.7 Å². The van der Waals surface area contributed by atoms with Crippen LogP contribution in [-0.2, 0) is 4.79 Å². The van der Waals surface area contributed by atoms with E-state index < -0.39 is 12.1 Å². The predicted octanol–water partition coefficient (Wildman–Crippen LogP) is 0.791. The van der Waals surface area contributed by atoms with Crippen LogP contribution in [0.2, 0.25) is 5.02 Å². The molecule has 1 saturated heterocycles. The van der Waals surface area contributed by atoms with Gasteiger partial charge in [0.1, 0.15) is 6.04 Å². The summed E-state index contributed by atoms with van der Waals surface area (Å²) in [7, 11) is 0. The van der Waals surface area contributed by atoms with Gasteiger partial charge in [0.15, 0.2) is 0 Å². The maximum Gasteiger partial charge on any atom is 0.251 e. The van der Waals surface area contributed by atoms with E-state index in [9.17, 15) is 14.7 Å². The number of nitrogens with one attached hydrogen (secondary N) is 3. The number of hydrogen-bond donors (Lipinski definition) is 4. The van der Waals surface area contributed by atoms with Gasteiger partial charge in [0.05, 0.1) is 6.10 Å². The van der Waals surface area contributed by atoms with E-state index in [1.807, 2.05) is 13.8 Å². The number of carbonyl (C=O) groups excluding carboxylic acids is 2. The highest BCUT2D eigenvalue weighted by Crippen LogP contribution is 2.11. The zero-order valence-electron chi connectivity index (χ0n) is 13.9. The lowest BCUT2D eigenvalue weighted by Crippen LogP contribution is -2.51. The smallest absolute Gasteiger partial charge is 0.251 e. The standard InChI is InChI=1S/C17H24ClN3O3/c1-10(2)15(17(24)20-8-12-7-19-9-14(12)22)21-16(23)11-3-5-13(18)6-4-11/h3-6,10,12,14-15,19,22H,7-9H2,1-2H3,(H,20,24)(H,21,23). The Balaban J connectivity index is 1.93. The minimum atomic E-state index is -0.639. The number of rotatable bonds is 6. The molecule has 3 unspecified atom stereocenters. The summed E-state index contributed by atoms with van der Waals surface area (Å²) < 4.78 is 0. The molecule has 0 aromatic heterocycles. The van der Waals surface area contributed by atoms with Gasteiger partial charge in [-0.05, 0) is 30.2 Å². The van der Waals surface area contributed by atoms with Crippen LogP contribution < -0.4 is 16.0 Å². The third kappa shape index (κ3) is 4.93. The summed E-state index contributed by atoms with van der Waals surface area (Å²) in [6.07, 6.45) is -0.452. The van der Waals surface area contributed by atoms with Crippen LogP contribution in [0.1, 0.15) is 24.2 Å². The molecule has 1 aliphatic heterocycles. The Hall–Kier alpha value is -1.63. The first-order chi connectivity index (χ1) is 11.4. The highest BCUT2D eigenvalue weighted by atomic mass is 35.5. The highest BCUT2D eigenvalue weighted by molar-refractivity contribution is 6.30. The molecule has 0 saturated carbocycles. The topological polar surface area (TPSA) is 90.5 Å². The Morgan fingerprint density at radius 1 is 1.29 bits per heavy atom. The summed E-state index contributed by atoms with van der Waals surface area (Å²) in [6.45, 7) is 5.34. The monoisotopic (exact) mass is 353 g/mol. The number of aliphatic hydroxyl groups excluding tert-OH is 1. The Labute approximate surface area is 147 Å². The fourth-order valence-electron chi connectivity index (χ4n) is 2.63. The summed E-state index contributed by atoms with van der Waals surface area (Å²) in [5.41, 5.74) is 0.452. The summed E-state index contributed by atoms with van der Waals surface area (Å²) in [5.74, 6) is -0.629. The predicted molar refractivity (Wildman–Crippen MR) is 92.9 cm³/mol. The molecule has 0 spiro atoms. The fraction of sp³-hybridized carbons (Fsp3) is 0.529. The largest absolute Gasteiger partial charge is 0.391 e. The lowest BCUT2D eigenvalue weighted by Gasteiger charge is -2.23. The Bertz CT molecular complexity index is 577. The average Bonchev–Trinajstić information content (AvgIpc) is 2.95. The number of benzene rings is 1. The van der Waals surface area contributed by atoms with Gasteiger partial charge in [-0.15, -0.1) is 0 Å². The quantitative estimate of drug-likeness (QED) is 0.608. The molecule has 1 aromatic carbocycles. The summed E-state index contributed by atoms with van der Waals surface area (Å²) >= 11 is 5.82. The van der Waals surface area contributed by atoms with Crippen molar-refractivity contribution in [3.8, 4) is 0 Å². The first-order valence-electron chi connectivity index (χ1n) is 8.11. The van der Waals surface area contributed by atoms with Gasteiger partial charge in [-0.25, -0.2) is 0 Å². The highest BCUT2D eigenvalue weighted by Gasteiger charge is 2.28. The van der Waals surface area contributed by atoms with Gasteiger partial charge in [0.25, 0.3) is 5.91 Å². The van der Waals surface area contributed by atoms with Crippen LogP contribution in [0.5, 0.6) is 0 Å². The van der Waals surface area contributed by atoms with Crippen LogP contribution in [0.4, 0.5) is 0 Å². The molecule has 6 nitrogen and oxygen atoms in total. The van der Waals surface area contributed by atoms with Gasteiger partial charge in [-0.2, -0.15) is 0 Å². The number of aliphatic hydroxyl groups is 1. The van der Waals surface area contributed by atoms with Crippen LogP contribution in [0, 0.1) is 11.8 Å². The molecule has 0 bridgehead atoms. The van der Waals surface area contributed by atoms with Crippen LogP contribution in [-0.4, -0.2) is 48.7 Å². The molecule has 7 heteroatoms. The Morgan fingerprint density at radius 2 is 1.96 bits per heavy atom. The third-order valence-corrected chi connectivity index (χ3v) is 4.44. The minimum absolute atomic E-state index is 0.00581. The van der Waals surface area contributed by atoms with E-state index >= 15 is 0 Å². The molecule has 0 radical (unpaired) electrons. The van der Waals surface area contributed by atoms with Crippen LogP contribution in [0.25, 0.3) is 0 Å². The summed E-state index contributed by atoms with van der Waals surface area (Å²) in [5, 5.41) is 19.0. The molecule has 3 atom stereocenters. The normalized spacial score (nSPS) is 21.5. The van der Waals surface area contributed by atoms with Gasteiger partial charge in [-0.1, -0.05) is 25.4 Å². The van der Waals surface area contributed by atoms with Crippen LogP contribution >= 0.6 is 11.6 Å². The van der Waals surface area contributed by atoms with Crippen molar-refractivity contribution in [1.82, 2.24) is 16.0 Å². The van der Waals surface area contributed by atoms with Gasteiger partial charge in [-0.3, -0.25) is 9.59 Å². The van der Waals surface area contributed by atoms with Gasteiger partial charge >= 0.3 is 0 Å². The molecule has 0 aliphatic carbocycles. The van der Waals surface area contributed by atoms with E-state index in [0.29, 0.717) is 30.2 Å². The molecule has 2 rings (SSSR count). The number of amides is 2. The van der Waals surface area contributed by atoms with Crippen LogP contribution in [0.3, 0.4) is 0 Å². The molecule has 1 aliphatic rings. The molecule has 132 valence electrons. The molecule has 2 amide bonds. The number of β-amino-alcohol motifs (C(OH)–C–C–N with tert-alkyl or cyclic N) is 1. The van der Waals surface area contributed by atoms with E-state index in [-0.39, 0.29) is 23.7 Å². The zero-order chi connectivity index (χ0) is 17.7. The lowest BCUT2D eigenvalue weighted by atomic mass is 10.0. The van der Waals surface area contributed by atoms with Crippen LogP contribution in [0.15, 0.2) is 24.3 Å². The van der Waals surface area contributed by atoms with Gasteiger partial charge < -0.3 is 21.1 Å². The number of carbonyl (C=O) groups is 2. The van der Waals surface area contributed by atoms with E-state index in [0.717, 1.165) is 0 Å². The number of hydrogen-bond acceptors (Lipinski definition) is 4. The molecule has 4 N–H and O–H groups in total. The first kappa shape index (κ1) is 18.7. The first-order valence-corrected chi connectivity index (χ1v) is 8.49. The van der Waals surface area contributed by atoms with E-state index in [1.165, 1.54) is 0 Å². The van der Waals surface area contributed by atoms with Crippen molar-refractivity contribution in [3.05, 3.63) is 34.9 Å². The molecule has 1 fully saturated rings. The van der Waals surface area contributed by atoms with E-state index in [1.54, 1.807) is 24.3 Å². The van der Waals surface area contributed by atoms with Gasteiger partial charge in [0.2, 0.25) is 5.91 Å². The SMILES string of the molecule is CC(C)C(NC(=O)c1ccc(Cl)cc1)C(=O)NCC1CNCC1O. The van der Waals surface area contributed by atoms with Crippen molar-refractivity contribution in [2.45, 2.75) is 26.0 Å². The van der Waals surface area contributed by atoms with Crippen molar-refractivity contribution >= 4 is 23.4 Å². The number of halogens is 1. The van der Waals surface area contributed by atoms with Gasteiger partial charge in [0, 0.05) is 36.1 Å². The molecule has 1 aromatic rings. The zero-order valence-corrected chi connectivity index (χ0v) is 14.6. The fourth-order valence-corrected chi connectivity index (χ4v) is 2.76. The second kappa shape index (κ2) is 8.46. The third-order valence-electron chi connectivity index (χ3n) is 4.18. The van der Waals surface area contributed by atoms with E-state index in [2.05, 4.69) is 16.0 Å². The Morgan fingerprint density at radius 3 is 2.50 bits per heavy atom. The second-order valence-electron chi connectivity index (χ2n) is 6.43. The molecule has 1 heterocycles. The van der Waals surface area contributed by atoms with Crippen molar-refractivity contribution in [2.24, 2.45) is 11.8 Å². The summed E-state index contributed by atoms with van der Waals surface area (Å²) in [4.78, 5) is 24.7. The van der Waals surface area contributed by atoms with Crippen molar-refractivity contribution in [1.29, 1.82) is 0 Å². The molecule has 24 heavy (non-hydrogen) atoms. The average molecular weight is 354 g/mol. The van der Waals surface area contributed by atoms with Crippen molar-refractivity contribution in [3.63, 3.8) is 0 Å². The molecular formula is C17H24ClN3O3. The van der Waals surface area contributed by atoms with Crippen molar-refractivity contribution in [2.75, 3.05) is 19.6 Å². The lowest BCUT2D eigenvalue weighted by molar-refractivity contribution is -0.124. The van der Waals surface area contributed by atoms with E-state index in [4.69, 9.17) is 11.6 Å². The maximum absolute atomic E-state index is 12.4. The minimum Gasteiger partial charge on any atom is -0.391 e. The summed E-state index contributed by atoms with van der Waals surface area (Å²) in [6, 6.07) is 5.87. The maximum atomic E-state index is 12.4.